The molecule has 0 aliphatic rings. The Balaban J connectivity index is 0.000000151. The molecule has 0 aliphatic carbocycles. The molecule has 0 saturated carbocycles. The standard InChI is InChI=1S/C6H10N2.C5H8N2/c1-5-4-8(3)7-6(5)2;1-5-3-6-7(2)4-5/h4H,1-3H3;3-4H,1-2H3. The van der Waals surface area contributed by atoms with Gasteiger partial charge in [0.1, 0.15) is 0 Å². The van der Waals surface area contributed by atoms with E-state index in [2.05, 4.69) is 17.1 Å². The third kappa shape index (κ3) is 3.58. The highest BCUT2D eigenvalue weighted by Crippen LogP contribution is 1.99. The Labute approximate surface area is 90.5 Å². The summed E-state index contributed by atoms with van der Waals surface area (Å²) in [4.78, 5) is 0. The molecule has 0 amide bonds. The molecule has 0 fully saturated rings. The Kier molecular flexibility index (Phi) is 3.66. The Morgan fingerprint density at radius 1 is 1.00 bits per heavy atom. The van der Waals surface area contributed by atoms with Crippen molar-refractivity contribution in [3.05, 3.63) is 35.4 Å². The molecule has 0 spiro atoms. The fourth-order valence-corrected chi connectivity index (χ4v) is 1.26. The SMILES string of the molecule is Cc1cn(C)nc1C.Cc1cnn(C)c1. The number of rotatable bonds is 0. The van der Waals surface area contributed by atoms with Crippen LogP contribution in [0.1, 0.15) is 16.8 Å². The molecule has 15 heavy (non-hydrogen) atoms. The second-order valence-corrected chi connectivity index (χ2v) is 3.76. The highest BCUT2D eigenvalue weighted by molar-refractivity contribution is 5.11. The Hall–Kier alpha value is -1.58. The van der Waals surface area contributed by atoms with E-state index in [-0.39, 0.29) is 0 Å². The molecule has 0 N–H and O–H groups in total. The maximum absolute atomic E-state index is 4.13. The van der Waals surface area contributed by atoms with Gasteiger partial charge >= 0.3 is 0 Å². The molecular weight excluding hydrogens is 188 g/mol. The zero-order chi connectivity index (χ0) is 11.4. The molecule has 2 aromatic heterocycles. The van der Waals surface area contributed by atoms with E-state index in [0.717, 1.165) is 5.69 Å². The van der Waals surface area contributed by atoms with E-state index in [1.54, 1.807) is 4.68 Å². The van der Waals surface area contributed by atoms with Gasteiger partial charge in [-0.05, 0) is 31.9 Å². The van der Waals surface area contributed by atoms with Gasteiger partial charge in [0.05, 0.1) is 11.9 Å². The van der Waals surface area contributed by atoms with Gasteiger partial charge in [-0.3, -0.25) is 9.36 Å². The van der Waals surface area contributed by atoms with Crippen molar-refractivity contribution in [3.63, 3.8) is 0 Å². The predicted octanol–water partition coefficient (Wildman–Crippen LogP) is 1.77. The average Bonchev–Trinajstić information content (AvgIpc) is 2.61. The zero-order valence-corrected chi connectivity index (χ0v) is 10.0. The Morgan fingerprint density at radius 2 is 1.67 bits per heavy atom. The first-order chi connectivity index (χ1) is 6.99. The minimum absolute atomic E-state index is 1.12. The molecule has 4 heteroatoms. The van der Waals surface area contributed by atoms with Crippen molar-refractivity contribution in [1.82, 2.24) is 19.6 Å². The average molecular weight is 206 g/mol. The summed E-state index contributed by atoms with van der Waals surface area (Å²) in [6.45, 7) is 6.09. The van der Waals surface area contributed by atoms with Crippen molar-refractivity contribution in [2.45, 2.75) is 20.8 Å². The van der Waals surface area contributed by atoms with Gasteiger partial charge in [0.2, 0.25) is 0 Å². The Bertz CT molecular complexity index is 389. The van der Waals surface area contributed by atoms with Gasteiger partial charge in [0.15, 0.2) is 0 Å². The summed E-state index contributed by atoms with van der Waals surface area (Å²) in [5, 5.41) is 8.06. The second kappa shape index (κ2) is 4.77. The minimum atomic E-state index is 1.12. The first kappa shape index (κ1) is 11.5. The molecule has 2 aromatic rings. The van der Waals surface area contributed by atoms with Crippen LogP contribution in [0.3, 0.4) is 0 Å². The van der Waals surface area contributed by atoms with Crippen LogP contribution in [0.25, 0.3) is 0 Å². The van der Waals surface area contributed by atoms with E-state index in [1.165, 1.54) is 11.1 Å². The van der Waals surface area contributed by atoms with Gasteiger partial charge in [0, 0.05) is 26.5 Å². The normalized spacial score (nSPS) is 9.67. The summed E-state index contributed by atoms with van der Waals surface area (Å²) in [7, 11) is 3.84. The van der Waals surface area contributed by atoms with Crippen LogP contribution in [-0.2, 0) is 14.1 Å². The molecule has 2 heterocycles. The predicted molar refractivity (Wildman–Crippen MR) is 60.6 cm³/mol. The molecule has 0 bridgehead atoms. The fraction of sp³-hybridized carbons (Fsp3) is 0.455. The summed E-state index contributed by atoms with van der Waals surface area (Å²) in [6, 6.07) is 0. The zero-order valence-electron chi connectivity index (χ0n) is 10.0. The lowest BCUT2D eigenvalue weighted by atomic mass is 10.3. The summed E-state index contributed by atoms with van der Waals surface area (Å²) >= 11 is 0. The first-order valence-electron chi connectivity index (χ1n) is 4.91. The Morgan fingerprint density at radius 3 is 1.80 bits per heavy atom. The van der Waals surface area contributed by atoms with E-state index in [4.69, 9.17) is 0 Å². The number of nitrogens with zero attached hydrogens (tertiary/aromatic N) is 4. The summed E-state index contributed by atoms with van der Waals surface area (Å²) in [6.07, 6.45) is 5.81. The first-order valence-corrected chi connectivity index (χ1v) is 4.91. The molecule has 0 saturated heterocycles. The molecule has 0 unspecified atom stereocenters. The number of hydrogen-bond acceptors (Lipinski definition) is 2. The van der Waals surface area contributed by atoms with Crippen molar-refractivity contribution >= 4 is 0 Å². The van der Waals surface area contributed by atoms with Crippen LogP contribution in [0.2, 0.25) is 0 Å². The van der Waals surface area contributed by atoms with E-state index < -0.39 is 0 Å². The smallest absolute Gasteiger partial charge is 0.0622 e. The van der Waals surface area contributed by atoms with E-state index in [1.807, 2.05) is 51.2 Å². The molecule has 4 nitrogen and oxygen atoms in total. The topological polar surface area (TPSA) is 35.6 Å². The molecule has 2 rings (SSSR count). The number of aryl methyl sites for hydroxylation is 5. The lowest BCUT2D eigenvalue weighted by Crippen LogP contribution is -1.86. The maximum atomic E-state index is 4.13. The van der Waals surface area contributed by atoms with Crippen LogP contribution < -0.4 is 0 Å². The third-order valence-electron chi connectivity index (χ3n) is 2.09. The summed E-state index contributed by atoms with van der Waals surface area (Å²) in [5.41, 5.74) is 3.59. The van der Waals surface area contributed by atoms with Gasteiger partial charge < -0.3 is 0 Å². The van der Waals surface area contributed by atoms with E-state index >= 15 is 0 Å². The van der Waals surface area contributed by atoms with E-state index in [0.29, 0.717) is 0 Å². The van der Waals surface area contributed by atoms with Crippen LogP contribution in [0, 0.1) is 20.8 Å². The largest absolute Gasteiger partial charge is 0.276 e. The van der Waals surface area contributed by atoms with Gasteiger partial charge in [-0.2, -0.15) is 10.2 Å². The fourth-order valence-electron chi connectivity index (χ4n) is 1.26. The maximum Gasteiger partial charge on any atom is 0.0622 e. The molecular formula is C11H18N4. The van der Waals surface area contributed by atoms with Crippen molar-refractivity contribution < 1.29 is 0 Å². The summed E-state index contributed by atoms with van der Waals surface area (Å²) < 4.78 is 3.61. The minimum Gasteiger partial charge on any atom is -0.276 e. The quantitative estimate of drug-likeness (QED) is 0.658. The van der Waals surface area contributed by atoms with Crippen molar-refractivity contribution in [3.8, 4) is 0 Å². The molecule has 0 atom stereocenters. The van der Waals surface area contributed by atoms with Crippen molar-refractivity contribution in [2.75, 3.05) is 0 Å². The van der Waals surface area contributed by atoms with Crippen LogP contribution >= 0.6 is 0 Å². The van der Waals surface area contributed by atoms with Crippen molar-refractivity contribution in [2.24, 2.45) is 14.1 Å². The van der Waals surface area contributed by atoms with Crippen LogP contribution in [-0.4, -0.2) is 19.6 Å². The molecule has 0 aromatic carbocycles. The molecule has 0 aliphatic heterocycles. The van der Waals surface area contributed by atoms with Gasteiger partial charge in [-0.1, -0.05) is 0 Å². The molecule has 0 radical (unpaired) electrons. The van der Waals surface area contributed by atoms with Gasteiger partial charge in [-0.25, -0.2) is 0 Å². The van der Waals surface area contributed by atoms with Gasteiger partial charge in [0.25, 0.3) is 0 Å². The second-order valence-electron chi connectivity index (χ2n) is 3.76. The van der Waals surface area contributed by atoms with Crippen LogP contribution in [0.5, 0.6) is 0 Å². The van der Waals surface area contributed by atoms with Gasteiger partial charge in [-0.15, -0.1) is 0 Å². The van der Waals surface area contributed by atoms with Crippen LogP contribution in [0.4, 0.5) is 0 Å². The van der Waals surface area contributed by atoms with Crippen LogP contribution in [0.15, 0.2) is 18.6 Å². The third-order valence-corrected chi connectivity index (χ3v) is 2.09. The highest BCUT2D eigenvalue weighted by Gasteiger charge is 1.92. The summed E-state index contributed by atoms with van der Waals surface area (Å²) in [5.74, 6) is 0. The lowest BCUT2D eigenvalue weighted by molar-refractivity contribution is 0.756. The number of hydrogen-bond donors (Lipinski definition) is 0. The molecule has 82 valence electrons. The number of aromatic nitrogens is 4. The van der Waals surface area contributed by atoms with E-state index in [9.17, 15) is 0 Å². The lowest BCUT2D eigenvalue weighted by Gasteiger charge is -1.79. The monoisotopic (exact) mass is 206 g/mol. The highest BCUT2D eigenvalue weighted by atomic mass is 15.2. The van der Waals surface area contributed by atoms with Crippen molar-refractivity contribution in [1.29, 1.82) is 0 Å².